The zero-order chi connectivity index (χ0) is 20.3. The Balaban J connectivity index is 1.56. The van der Waals surface area contributed by atoms with E-state index in [9.17, 15) is 19.2 Å². The van der Waals surface area contributed by atoms with Gasteiger partial charge in [-0.1, -0.05) is 17.7 Å². The average Bonchev–Trinajstić information content (AvgIpc) is 3.12. The minimum absolute atomic E-state index is 0.125. The highest BCUT2D eigenvalue weighted by Gasteiger charge is 2.43. The van der Waals surface area contributed by atoms with Crippen molar-refractivity contribution >= 4 is 23.6 Å². The number of rotatable bonds is 4. The average molecular weight is 408 g/mol. The number of nitriles is 1. The van der Waals surface area contributed by atoms with Crippen molar-refractivity contribution in [3.8, 4) is 6.07 Å². The van der Waals surface area contributed by atoms with Gasteiger partial charge in [-0.3, -0.25) is 4.79 Å². The molecule has 2 aliphatic rings. The van der Waals surface area contributed by atoms with Crippen molar-refractivity contribution in [3.05, 3.63) is 34.6 Å². The second kappa shape index (κ2) is 8.36. The van der Waals surface area contributed by atoms with Gasteiger partial charge in [-0.25, -0.2) is 9.18 Å². The van der Waals surface area contributed by atoms with Crippen LogP contribution in [0.5, 0.6) is 0 Å². The number of amides is 2. The van der Waals surface area contributed by atoms with Crippen molar-refractivity contribution in [1.82, 2.24) is 10.2 Å². The van der Waals surface area contributed by atoms with E-state index in [1.54, 1.807) is 11.0 Å². The number of carbonyl (C=O) groups is 2. The van der Waals surface area contributed by atoms with Crippen LogP contribution in [0.2, 0.25) is 5.02 Å². The molecule has 1 aromatic carbocycles. The Morgan fingerprint density at radius 3 is 2.68 bits per heavy atom. The summed E-state index contributed by atoms with van der Waals surface area (Å²) in [5, 5.41) is 21.9. The van der Waals surface area contributed by atoms with Crippen LogP contribution in [0.15, 0.2) is 18.2 Å². The van der Waals surface area contributed by atoms with Crippen LogP contribution < -0.4 is 5.32 Å². The van der Waals surface area contributed by atoms with Crippen molar-refractivity contribution in [1.29, 1.82) is 5.26 Å². The first-order valence-electron chi connectivity index (χ1n) is 9.47. The van der Waals surface area contributed by atoms with E-state index < -0.39 is 17.2 Å². The number of carboxylic acids is 1. The fraction of sp³-hybridized carbons (Fsp3) is 0.550. The molecule has 0 aromatic heterocycles. The molecule has 2 fully saturated rings. The minimum Gasteiger partial charge on any atom is -0.481 e. The van der Waals surface area contributed by atoms with E-state index in [1.807, 2.05) is 0 Å². The van der Waals surface area contributed by atoms with Crippen molar-refractivity contribution < 1.29 is 19.1 Å². The Morgan fingerprint density at radius 2 is 2.07 bits per heavy atom. The topological polar surface area (TPSA) is 93.4 Å². The molecule has 1 unspecified atom stereocenters. The van der Waals surface area contributed by atoms with Gasteiger partial charge in [0, 0.05) is 30.2 Å². The van der Waals surface area contributed by atoms with Crippen molar-refractivity contribution in [2.45, 2.75) is 37.5 Å². The van der Waals surface area contributed by atoms with E-state index in [0.29, 0.717) is 32.4 Å². The van der Waals surface area contributed by atoms with Crippen LogP contribution in [-0.2, 0) is 10.2 Å². The van der Waals surface area contributed by atoms with E-state index in [4.69, 9.17) is 16.7 Å². The number of urea groups is 1. The van der Waals surface area contributed by atoms with Crippen molar-refractivity contribution in [2.75, 3.05) is 19.6 Å². The lowest BCUT2D eigenvalue weighted by molar-refractivity contribution is -0.143. The maximum Gasteiger partial charge on any atom is 0.317 e. The number of hydrogen-bond acceptors (Lipinski definition) is 3. The molecule has 2 N–H and O–H groups in total. The monoisotopic (exact) mass is 407 g/mol. The van der Waals surface area contributed by atoms with Gasteiger partial charge in [-0.05, 0) is 50.2 Å². The quantitative estimate of drug-likeness (QED) is 0.798. The molecule has 28 heavy (non-hydrogen) atoms. The Hall–Kier alpha value is -2.33. The molecule has 0 radical (unpaired) electrons. The zero-order valence-corrected chi connectivity index (χ0v) is 16.2. The van der Waals surface area contributed by atoms with Crippen LogP contribution in [0, 0.1) is 29.0 Å². The summed E-state index contributed by atoms with van der Waals surface area (Å²) < 4.78 is 14.3. The summed E-state index contributed by atoms with van der Waals surface area (Å²) in [4.78, 5) is 25.1. The van der Waals surface area contributed by atoms with Gasteiger partial charge in [-0.2, -0.15) is 5.26 Å². The summed E-state index contributed by atoms with van der Waals surface area (Å²) in [7, 11) is 0. The lowest BCUT2D eigenvalue weighted by Gasteiger charge is -2.27. The van der Waals surface area contributed by atoms with E-state index in [-0.39, 0.29) is 35.0 Å². The van der Waals surface area contributed by atoms with Crippen LogP contribution in [-0.4, -0.2) is 41.6 Å². The van der Waals surface area contributed by atoms with Crippen LogP contribution in [0.4, 0.5) is 9.18 Å². The van der Waals surface area contributed by atoms with E-state index in [1.165, 1.54) is 12.1 Å². The summed E-state index contributed by atoms with van der Waals surface area (Å²) in [5.41, 5.74) is -0.812. The molecule has 6 nitrogen and oxygen atoms in total. The molecule has 1 saturated heterocycles. The van der Waals surface area contributed by atoms with Crippen molar-refractivity contribution in [3.63, 3.8) is 0 Å². The molecular weight excluding hydrogens is 385 g/mol. The lowest BCUT2D eigenvalue weighted by atomic mass is 9.81. The third-order valence-electron chi connectivity index (χ3n) is 5.96. The Morgan fingerprint density at radius 1 is 1.36 bits per heavy atom. The van der Waals surface area contributed by atoms with Gasteiger partial charge in [0.2, 0.25) is 0 Å². The number of nitrogens with zero attached hydrogens (tertiary/aromatic N) is 2. The maximum absolute atomic E-state index is 14.3. The molecule has 8 heteroatoms. The van der Waals surface area contributed by atoms with Crippen LogP contribution in [0.25, 0.3) is 0 Å². The first-order valence-corrected chi connectivity index (χ1v) is 9.85. The van der Waals surface area contributed by atoms with Gasteiger partial charge in [0.1, 0.15) is 11.2 Å². The smallest absolute Gasteiger partial charge is 0.317 e. The largest absolute Gasteiger partial charge is 0.481 e. The minimum atomic E-state index is -1.08. The van der Waals surface area contributed by atoms with Gasteiger partial charge in [0.25, 0.3) is 0 Å². The Kier molecular flexibility index (Phi) is 6.09. The van der Waals surface area contributed by atoms with Gasteiger partial charge in [-0.15, -0.1) is 0 Å². The van der Waals surface area contributed by atoms with Gasteiger partial charge >= 0.3 is 12.0 Å². The fourth-order valence-electron chi connectivity index (χ4n) is 4.19. The molecule has 1 atom stereocenters. The summed E-state index contributed by atoms with van der Waals surface area (Å²) >= 11 is 5.80. The molecule has 1 aliphatic heterocycles. The SMILES string of the molecule is N#CC1(c2ccc(Cl)cc2F)CCN(C(=O)NCC2CCC(C(=O)O)CC2)C1. The van der Waals surface area contributed by atoms with Gasteiger partial charge < -0.3 is 15.3 Å². The van der Waals surface area contributed by atoms with E-state index >= 15 is 0 Å². The molecule has 150 valence electrons. The van der Waals surface area contributed by atoms with Gasteiger partial charge in [0.05, 0.1) is 12.0 Å². The van der Waals surface area contributed by atoms with Crippen molar-refractivity contribution in [2.24, 2.45) is 11.8 Å². The lowest BCUT2D eigenvalue weighted by Crippen LogP contribution is -2.42. The predicted molar refractivity (Wildman–Crippen MR) is 101 cm³/mol. The standard InChI is InChI=1S/C20H23ClFN3O3/c21-15-5-6-16(17(22)9-15)20(11-23)7-8-25(12-20)19(28)24-10-13-1-3-14(4-2-13)18(26)27/h5-6,9,13-14H,1-4,7-8,10,12H2,(H,24,28)(H,26,27). The highest BCUT2D eigenvalue weighted by Crippen LogP contribution is 2.36. The van der Waals surface area contributed by atoms with Crippen LogP contribution in [0.3, 0.4) is 0 Å². The number of nitrogens with one attached hydrogen (secondary N) is 1. The molecule has 1 aliphatic carbocycles. The molecule has 1 saturated carbocycles. The Labute approximate surface area is 168 Å². The van der Waals surface area contributed by atoms with E-state index in [2.05, 4.69) is 11.4 Å². The number of carboxylic acid groups (broad SMARTS) is 1. The fourth-order valence-corrected chi connectivity index (χ4v) is 4.35. The zero-order valence-electron chi connectivity index (χ0n) is 15.5. The molecule has 1 heterocycles. The summed E-state index contributed by atoms with van der Waals surface area (Å²) in [6, 6.07) is 6.18. The third kappa shape index (κ3) is 4.22. The number of likely N-dealkylation sites (tertiary alicyclic amines) is 1. The molecule has 2 amide bonds. The highest BCUT2D eigenvalue weighted by molar-refractivity contribution is 6.30. The maximum atomic E-state index is 14.3. The second-order valence-corrected chi connectivity index (χ2v) is 8.17. The second-order valence-electron chi connectivity index (χ2n) is 7.73. The summed E-state index contributed by atoms with van der Waals surface area (Å²) in [6.45, 7) is 0.976. The first kappa shape index (κ1) is 20.4. The number of benzene rings is 1. The molecule has 3 rings (SSSR count). The number of aliphatic carboxylic acids is 1. The Bertz CT molecular complexity index is 804. The van der Waals surface area contributed by atoms with Crippen LogP contribution in [0.1, 0.15) is 37.7 Å². The number of carbonyl (C=O) groups excluding carboxylic acids is 1. The highest BCUT2D eigenvalue weighted by atomic mass is 35.5. The molecular formula is C20H23ClFN3O3. The van der Waals surface area contributed by atoms with Gasteiger partial charge in [0.15, 0.2) is 0 Å². The summed E-state index contributed by atoms with van der Waals surface area (Å²) in [6.07, 6.45) is 3.17. The normalized spacial score (nSPS) is 27.2. The number of halogens is 2. The van der Waals surface area contributed by atoms with E-state index in [0.717, 1.165) is 12.8 Å². The predicted octanol–water partition coefficient (Wildman–Crippen LogP) is 3.55. The molecule has 1 aromatic rings. The first-order chi connectivity index (χ1) is 13.3. The molecule has 0 bridgehead atoms. The summed E-state index contributed by atoms with van der Waals surface area (Å²) in [5.74, 6) is -1.30. The number of hydrogen-bond donors (Lipinski definition) is 2. The van der Waals surface area contributed by atoms with Crippen LogP contribution >= 0.6 is 11.6 Å². The molecule has 0 spiro atoms. The third-order valence-corrected chi connectivity index (χ3v) is 6.19.